The van der Waals surface area contributed by atoms with Crippen LogP contribution < -0.4 is 5.32 Å². The lowest BCUT2D eigenvalue weighted by molar-refractivity contribution is 0.303. The van der Waals surface area contributed by atoms with Crippen LogP contribution in [0.15, 0.2) is 16.6 Å². The summed E-state index contributed by atoms with van der Waals surface area (Å²) in [6, 6.07) is 0. The highest BCUT2D eigenvalue weighted by atomic mass is 32.2. The van der Waals surface area contributed by atoms with Gasteiger partial charge in [-0.1, -0.05) is 31.0 Å². The Labute approximate surface area is 116 Å². The first-order chi connectivity index (χ1) is 8.86. The molecule has 1 aromatic heterocycles. The number of thioether (sulfide) groups is 1. The summed E-state index contributed by atoms with van der Waals surface area (Å²) >= 11 is 3.63. The van der Waals surface area contributed by atoms with Crippen molar-refractivity contribution in [3.05, 3.63) is 16.6 Å². The van der Waals surface area contributed by atoms with Gasteiger partial charge in [0.05, 0.1) is 5.01 Å². The van der Waals surface area contributed by atoms with Gasteiger partial charge in [-0.2, -0.15) is 0 Å². The Kier molecular flexibility index (Phi) is 3.89. The maximum atomic E-state index is 4.68. The SMILES string of the molecule is c1csc(CCN=C2NC3(CCCCC3)CS2)n1. The molecule has 0 amide bonds. The zero-order valence-electron chi connectivity index (χ0n) is 10.5. The van der Waals surface area contributed by atoms with Crippen molar-refractivity contribution in [3.8, 4) is 0 Å². The van der Waals surface area contributed by atoms with Crippen molar-refractivity contribution in [1.29, 1.82) is 0 Å². The summed E-state index contributed by atoms with van der Waals surface area (Å²) in [5.41, 5.74) is 0.378. The van der Waals surface area contributed by atoms with Crippen LogP contribution in [0.4, 0.5) is 0 Å². The summed E-state index contributed by atoms with van der Waals surface area (Å²) in [5.74, 6) is 1.21. The molecule has 1 N–H and O–H groups in total. The van der Waals surface area contributed by atoms with Crippen LogP contribution in [0, 0.1) is 0 Å². The maximum Gasteiger partial charge on any atom is 0.157 e. The molecule has 0 atom stereocenters. The average Bonchev–Trinajstić information content (AvgIpc) is 3.02. The van der Waals surface area contributed by atoms with E-state index in [9.17, 15) is 0 Å². The van der Waals surface area contributed by atoms with Gasteiger partial charge in [0.1, 0.15) is 0 Å². The van der Waals surface area contributed by atoms with Crippen LogP contribution in [0.1, 0.15) is 37.1 Å². The fraction of sp³-hybridized carbons (Fsp3) is 0.692. The number of rotatable bonds is 3. The first-order valence-electron chi connectivity index (χ1n) is 6.70. The fourth-order valence-corrected chi connectivity index (χ4v) is 4.57. The van der Waals surface area contributed by atoms with Gasteiger partial charge in [0, 0.05) is 35.8 Å². The average molecular weight is 281 g/mol. The van der Waals surface area contributed by atoms with E-state index in [-0.39, 0.29) is 0 Å². The molecule has 3 nitrogen and oxygen atoms in total. The van der Waals surface area contributed by atoms with Crippen LogP contribution in [0.5, 0.6) is 0 Å². The number of aliphatic imine (C=N–C) groups is 1. The van der Waals surface area contributed by atoms with Crippen molar-refractivity contribution in [2.75, 3.05) is 12.3 Å². The molecule has 5 heteroatoms. The Morgan fingerprint density at radius 1 is 1.33 bits per heavy atom. The van der Waals surface area contributed by atoms with Gasteiger partial charge in [0.2, 0.25) is 0 Å². The summed E-state index contributed by atoms with van der Waals surface area (Å²) in [5, 5.41) is 8.06. The standard InChI is InChI=1S/C13H19N3S2/c1-2-5-13(6-3-1)10-18-12(16-13)15-7-4-11-14-8-9-17-11/h8-9H,1-7,10H2,(H,15,16). The summed E-state index contributed by atoms with van der Waals surface area (Å²) in [6.45, 7) is 0.860. The van der Waals surface area contributed by atoms with E-state index in [1.54, 1.807) is 11.3 Å². The maximum absolute atomic E-state index is 4.68. The second-order valence-electron chi connectivity index (χ2n) is 5.12. The molecule has 3 rings (SSSR count). The van der Waals surface area contributed by atoms with E-state index in [4.69, 9.17) is 0 Å². The van der Waals surface area contributed by atoms with Crippen LogP contribution >= 0.6 is 23.1 Å². The lowest BCUT2D eigenvalue weighted by Gasteiger charge is -2.32. The van der Waals surface area contributed by atoms with E-state index in [1.165, 1.54) is 42.9 Å². The number of aromatic nitrogens is 1. The van der Waals surface area contributed by atoms with Gasteiger partial charge in [0.25, 0.3) is 0 Å². The predicted molar refractivity (Wildman–Crippen MR) is 79.5 cm³/mol. The van der Waals surface area contributed by atoms with Crippen LogP contribution in [0.25, 0.3) is 0 Å². The highest BCUT2D eigenvalue weighted by molar-refractivity contribution is 8.14. The Morgan fingerprint density at radius 2 is 2.22 bits per heavy atom. The smallest absolute Gasteiger partial charge is 0.157 e. The number of thiazole rings is 1. The molecule has 2 aliphatic rings. The van der Waals surface area contributed by atoms with E-state index >= 15 is 0 Å². The molecule has 1 aliphatic carbocycles. The third-order valence-electron chi connectivity index (χ3n) is 3.73. The second-order valence-corrected chi connectivity index (χ2v) is 7.06. The molecule has 0 bridgehead atoms. The van der Waals surface area contributed by atoms with Gasteiger partial charge in [-0.15, -0.1) is 11.3 Å². The molecule has 0 aromatic carbocycles. The number of hydrogen-bond acceptors (Lipinski definition) is 4. The zero-order chi connectivity index (χ0) is 12.3. The molecule has 2 fully saturated rings. The monoisotopic (exact) mass is 281 g/mol. The summed E-state index contributed by atoms with van der Waals surface area (Å²) in [4.78, 5) is 8.97. The summed E-state index contributed by atoms with van der Waals surface area (Å²) in [6.07, 6.45) is 9.64. The fourth-order valence-electron chi connectivity index (χ4n) is 2.72. The number of nitrogens with one attached hydrogen (secondary N) is 1. The minimum Gasteiger partial charge on any atom is -0.359 e. The molecule has 0 radical (unpaired) electrons. The van der Waals surface area contributed by atoms with Gasteiger partial charge < -0.3 is 5.32 Å². The first-order valence-corrected chi connectivity index (χ1v) is 8.57. The van der Waals surface area contributed by atoms with Crippen molar-refractivity contribution >= 4 is 28.3 Å². The molecule has 1 saturated heterocycles. The van der Waals surface area contributed by atoms with Crippen LogP contribution in [-0.2, 0) is 6.42 Å². The van der Waals surface area contributed by atoms with E-state index in [0.717, 1.165) is 18.1 Å². The molecule has 1 aromatic rings. The highest BCUT2D eigenvalue weighted by Crippen LogP contribution is 2.36. The Morgan fingerprint density at radius 3 is 3.00 bits per heavy atom. The third-order valence-corrected chi connectivity index (χ3v) is 5.77. The summed E-state index contributed by atoms with van der Waals surface area (Å²) < 4.78 is 0. The zero-order valence-corrected chi connectivity index (χ0v) is 12.2. The van der Waals surface area contributed by atoms with Gasteiger partial charge >= 0.3 is 0 Å². The molecule has 0 unspecified atom stereocenters. The number of nitrogens with zero attached hydrogens (tertiary/aromatic N) is 2. The van der Waals surface area contributed by atoms with E-state index in [1.807, 2.05) is 23.3 Å². The minimum atomic E-state index is 0.378. The van der Waals surface area contributed by atoms with Crippen molar-refractivity contribution in [1.82, 2.24) is 10.3 Å². The van der Waals surface area contributed by atoms with Crippen LogP contribution in [0.2, 0.25) is 0 Å². The highest BCUT2D eigenvalue weighted by Gasteiger charge is 2.37. The summed E-state index contributed by atoms with van der Waals surface area (Å²) in [7, 11) is 0. The van der Waals surface area contributed by atoms with Gasteiger partial charge in [-0.25, -0.2) is 4.98 Å². The first kappa shape index (κ1) is 12.5. The van der Waals surface area contributed by atoms with Crippen molar-refractivity contribution in [3.63, 3.8) is 0 Å². The molecule has 1 spiro atoms. The lowest BCUT2D eigenvalue weighted by Crippen LogP contribution is -2.45. The molecular formula is C13H19N3S2. The van der Waals surface area contributed by atoms with Gasteiger partial charge in [0.15, 0.2) is 5.17 Å². The third kappa shape index (κ3) is 2.88. The van der Waals surface area contributed by atoms with Crippen LogP contribution in [0.3, 0.4) is 0 Å². The largest absolute Gasteiger partial charge is 0.359 e. The van der Waals surface area contributed by atoms with E-state index in [2.05, 4.69) is 15.3 Å². The molecule has 1 saturated carbocycles. The predicted octanol–water partition coefficient (Wildman–Crippen LogP) is 3.08. The second kappa shape index (κ2) is 5.61. The van der Waals surface area contributed by atoms with Crippen LogP contribution in [-0.4, -0.2) is 28.0 Å². The molecule has 18 heavy (non-hydrogen) atoms. The molecule has 1 aliphatic heterocycles. The van der Waals surface area contributed by atoms with Crippen molar-refractivity contribution < 1.29 is 0 Å². The quantitative estimate of drug-likeness (QED) is 0.925. The van der Waals surface area contributed by atoms with Crippen molar-refractivity contribution in [2.45, 2.75) is 44.1 Å². The topological polar surface area (TPSA) is 37.3 Å². The number of hydrogen-bond donors (Lipinski definition) is 1. The minimum absolute atomic E-state index is 0.378. The molecule has 98 valence electrons. The van der Waals surface area contributed by atoms with Crippen molar-refractivity contribution in [2.24, 2.45) is 4.99 Å². The van der Waals surface area contributed by atoms with Gasteiger partial charge in [-0.05, 0) is 12.8 Å². The van der Waals surface area contributed by atoms with Gasteiger partial charge in [-0.3, -0.25) is 4.99 Å². The Hall–Kier alpha value is -0.550. The molecular weight excluding hydrogens is 262 g/mol. The lowest BCUT2D eigenvalue weighted by atomic mass is 9.83. The van der Waals surface area contributed by atoms with E-state index < -0.39 is 0 Å². The normalized spacial score (nSPS) is 24.6. The van der Waals surface area contributed by atoms with E-state index in [0.29, 0.717) is 5.54 Å². The molecule has 2 heterocycles. The Bertz CT molecular complexity index is 408. The number of amidine groups is 1. The Balaban J connectivity index is 1.51.